The highest BCUT2D eigenvalue weighted by Gasteiger charge is 2.22. The molecule has 1 unspecified atom stereocenters. The molecule has 3 aromatic heterocycles. The van der Waals surface area contributed by atoms with E-state index in [4.69, 9.17) is 0 Å². The molecule has 9 heteroatoms. The molecular formula is C19H20N4O3S2. The molecule has 3 aromatic rings. The van der Waals surface area contributed by atoms with E-state index < -0.39 is 5.91 Å². The zero-order chi connectivity index (χ0) is 20.0. The summed E-state index contributed by atoms with van der Waals surface area (Å²) in [5, 5.41) is 0.437. The number of fused-ring (bicyclic) bond motifs is 2. The van der Waals surface area contributed by atoms with Crippen LogP contribution in [0.1, 0.15) is 48.7 Å². The van der Waals surface area contributed by atoms with Gasteiger partial charge in [0, 0.05) is 11.9 Å². The minimum Gasteiger partial charge on any atom is -0.302 e. The highest BCUT2D eigenvalue weighted by Crippen LogP contribution is 2.32. The molecule has 1 atom stereocenters. The van der Waals surface area contributed by atoms with E-state index in [-0.39, 0.29) is 11.5 Å². The van der Waals surface area contributed by atoms with Crippen LogP contribution in [-0.2, 0) is 19.9 Å². The second-order valence-corrected chi connectivity index (χ2v) is 9.35. The van der Waals surface area contributed by atoms with Crippen molar-refractivity contribution < 1.29 is 9.59 Å². The van der Waals surface area contributed by atoms with Gasteiger partial charge in [0.1, 0.15) is 4.83 Å². The van der Waals surface area contributed by atoms with E-state index in [1.165, 1.54) is 32.7 Å². The van der Waals surface area contributed by atoms with Crippen molar-refractivity contribution in [2.75, 3.05) is 0 Å². The molecule has 146 valence electrons. The van der Waals surface area contributed by atoms with Crippen LogP contribution in [0.15, 0.2) is 17.2 Å². The van der Waals surface area contributed by atoms with Crippen molar-refractivity contribution in [2.24, 2.45) is 13.0 Å². The molecule has 2 N–H and O–H groups in total. The van der Waals surface area contributed by atoms with Crippen LogP contribution in [0.3, 0.4) is 0 Å². The molecule has 0 saturated carbocycles. The molecule has 2 amide bonds. The lowest BCUT2D eigenvalue weighted by molar-refractivity contribution is 0.0851. The summed E-state index contributed by atoms with van der Waals surface area (Å²) >= 11 is 2.63. The maximum atomic E-state index is 12.6. The van der Waals surface area contributed by atoms with Crippen LogP contribution in [0.5, 0.6) is 0 Å². The van der Waals surface area contributed by atoms with Crippen LogP contribution in [0.4, 0.5) is 0 Å². The van der Waals surface area contributed by atoms with Crippen LogP contribution in [0.2, 0.25) is 0 Å². The van der Waals surface area contributed by atoms with Crippen LogP contribution >= 0.6 is 22.7 Å². The Morgan fingerprint density at radius 3 is 2.79 bits per heavy atom. The largest absolute Gasteiger partial charge is 0.302 e. The highest BCUT2D eigenvalue weighted by atomic mass is 32.1. The number of rotatable bonds is 2. The average molecular weight is 417 g/mol. The summed E-state index contributed by atoms with van der Waals surface area (Å²) in [7, 11) is 1.62. The van der Waals surface area contributed by atoms with E-state index in [2.05, 4.69) is 22.8 Å². The number of aromatic nitrogens is 2. The van der Waals surface area contributed by atoms with Gasteiger partial charge < -0.3 is 4.57 Å². The Hall–Kier alpha value is -2.52. The number of thiophene rings is 2. The number of aryl methyl sites for hydroxylation is 3. The number of nitrogens with one attached hydrogen (secondary N) is 2. The number of nitrogens with zero attached hydrogens (tertiary/aromatic N) is 2. The molecule has 4 rings (SSSR count). The van der Waals surface area contributed by atoms with Crippen LogP contribution in [0.25, 0.3) is 10.2 Å². The van der Waals surface area contributed by atoms with Crippen LogP contribution < -0.4 is 16.4 Å². The van der Waals surface area contributed by atoms with E-state index in [1.54, 1.807) is 14.0 Å². The van der Waals surface area contributed by atoms with Gasteiger partial charge in [-0.3, -0.25) is 25.2 Å². The topological polar surface area (TPSA) is 93.1 Å². The third-order valence-electron chi connectivity index (χ3n) is 5.06. The fraction of sp³-hybridized carbons (Fsp3) is 0.368. The number of amides is 2. The van der Waals surface area contributed by atoms with Crippen LogP contribution in [0, 0.1) is 12.8 Å². The summed E-state index contributed by atoms with van der Waals surface area (Å²) in [5.41, 5.74) is 6.57. The minimum absolute atomic E-state index is 0.194. The first kappa shape index (κ1) is 18.8. The molecule has 0 saturated heterocycles. The van der Waals surface area contributed by atoms with Gasteiger partial charge in [0.05, 0.1) is 21.5 Å². The van der Waals surface area contributed by atoms with Crippen LogP contribution in [-0.4, -0.2) is 21.4 Å². The number of hydrogen-bond acceptors (Lipinski definition) is 6. The van der Waals surface area contributed by atoms with Gasteiger partial charge in [-0.05, 0) is 49.3 Å². The van der Waals surface area contributed by atoms with Gasteiger partial charge in [-0.1, -0.05) is 6.92 Å². The predicted octanol–water partition coefficient (Wildman–Crippen LogP) is 2.56. The summed E-state index contributed by atoms with van der Waals surface area (Å²) in [6.07, 6.45) is 4.58. The number of hydrogen-bond donors (Lipinski definition) is 2. The fourth-order valence-corrected chi connectivity index (χ4v) is 5.61. The molecule has 0 fully saturated rings. The lowest BCUT2D eigenvalue weighted by atomic mass is 9.90. The quantitative estimate of drug-likeness (QED) is 0.628. The smallest absolute Gasteiger partial charge is 0.280 e. The molecule has 3 heterocycles. The molecule has 0 spiro atoms. The normalized spacial score (nSPS) is 16.0. The van der Waals surface area contributed by atoms with Crippen molar-refractivity contribution in [1.29, 1.82) is 0 Å². The van der Waals surface area contributed by atoms with Gasteiger partial charge in [0.15, 0.2) is 0 Å². The van der Waals surface area contributed by atoms with E-state index in [0.29, 0.717) is 31.5 Å². The van der Waals surface area contributed by atoms with Crippen molar-refractivity contribution in [3.8, 4) is 0 Å². The Balaban J connectivity index is 1.50. The van der Waals surface area contributed by atoms with Crippen molar-refractivity contribution in [3.63, 3.8) is 0 Å². The van der Waals surface area contributed by atoms with E-state index >= 15 is 0 Å². The Labute approximate surface area is 169 Å². The van der Waals surface area contributed by atoms with Gasteiger partial charge in [-0.15, -0.1) is 22.7 Å². The Morgan fingerprint density at radius 1 is 1.25 bits per heavy atom. The summed E-state index contributed by atoms with van der Waals surface area (Å²) in [6.45, 7) is 3.93. The van der Waals surface area contributed by atoms with Crippen molar-refractivity contribution in [2.45, 2.75) is 33.1 Å². The minimum atomic E-state index is -0.453. The standard InChI is InChI=1S/C19H20N4O3S2/c1-9-4-5-12-11(6-9)7-13(27-12)16(24)21-22-17(25)15-10(2)14-18(28-15)20-8-23(3)19(14)26/h7-9H,4-6H2,1-3H3,(H,21,24)(H,22,25). The van der Waals surface area contributed by atoms with Crippen molar-refractivity contribution in [1.82, 2.24) is 20.4 Å². The molecule has 1 aliphatic rings. The SMILES string of the molecule is Cc1c(C(=O)NNC(=O)c2cc3c(s2)CCC(C)C3)sc2ncn(C)c(=O)c12. The first-order valence-corrected chi connectivity index (χ1v) is 10.7. The molecule has 1 aliphatic carbocycles. The third-order valence-corrected chi connectivity index (χ3v) is 7.49. The third kappa shape index (κ3) is 3.24. The average Bonchev–Trinajstić information content (AvgIpc) is 3.23. The molecule has 0 bridgehead atoms. The molecule has 28 heavy (non-hydrogen) atoms. The fourth-order valence-electron chi connectivity index (χ4n) is 3.48. The van der Waals surface area contributed by atoms with Gasteiger partial charge in [0.25, 0.3) is 17.4 Å². The Morgan fingerprint density at radius 2 is 2.00 bits per heavy atom. The zero-order valence-corrected chi connectivity index (χ0v) is 17.4. The summed E-state index contributed by atoms with van der Waals surface area (Å²) in [4.78, 5) is 44.2. The summed E-state index contributed by atoms with van der Waals surface area (Å²) < 4.78 is 1.38. The summed E-state index contributed by atoms with van der Waals surface area (Å²) in [6, 6.07) is 1.93. The first-order chi connectivity index (χ1) is 13.3. The van der Waals surface area contributed by atoms with Crippen molar-refractivity contribution in [3.05, 3.63) is 48.5 Å². The van der Waals surface area contributed by atoms with E-state index in [0.717, 1.165) is 30.6 Å². The molecule has 0 aliphatic heterocycles. The number of carbonyl (C=O) groups excluding carboxylic acids is 2. The molecule has 0 radical (unpaired) electrons. The number of hydrazine groups is 1. The summed E-state index contributed by atoms with van der Waals surface area (Å²) in [5.74, 6) is -0.144. The molecule has 7 nitrogen and oxygen atoms in total. The van der Waals surface area contributed by atoms with E-state index in [1.807, 2.05) is 6.07 Å². The van der Waals surface area contributed by atoms with E-state index in [9.17, 15) is 14.4 Å². The second-order valence-electron chi connectivity index (χ2n) is 7.21. The molecular weight excluding hydrogens is 396 g/mol. The lowest BCUT2D eigenvalue weighted by Crippen LogP contribution is -2.41. The Bertz CT molecular complexity index is 1160. The lowest BCUT2D eigenvalue weighted by Gasteiger charge is -2.16. The first-order valence-electron chi connectivity index (χ1n) is 9.02. The number of carbonyl (C=O) groups is 2. The van der Waals surface area contributed by atoms with Gasteiger partial charge in [0.2, 0.25) is 0 Å². The van der Waals surface area contributed by atoms with Gasteiger partial charge in [-0.2, -0.15) is 0 Å². The maximum absolute atomic E-state index is 12.6. The maximum Gasteiger partial charge on any atom is 0.280 e. The highest BCUT2D eigenvalue weighted by molar-refractivity contribution is 7.20. The van der Waals surface area contributed by atoms with Crippen molar-refractivity contribution >= 4 is 44.7 Å². The van der Waals surface area contributed by atoms with Gasteiger partial charge in [-0.25, -0.2) is 4.98 Å². The zero-order valence-electron chi connectivity index (χ0n) is 15.8. The predicted molar refractivity (Wildman–Crippen MR) is 110 cm³/mol. The second kappa shape index (κ2) is 7.14. The Kier molecular flexibility index (Phi) is 4.80. The van der Waals surface area contributed by atoms with Gasteiger partial charge >= 0.3 is 0 Å². The monoisotopic (exact) mass is 416 g/mol. The molecule has 0 aromatic carbocycles.